The topological polar surface area (TPSA) is 115 Å². The first kappa shape index (κ1) is 32.7. The maximum Gasteiger partial charge on any atom is 0.261 e. The predicted octanol–water partition coefficient (Wildman–Crippen LogP) is 6.92. The number of aromatic nitrogens is 4. The van der Waals surface area contributed by atoms with Gasteiger partial charge in [0.15, 0.2) is 0 Å². The van der Waals surface area contributed by atoms with Crippen LogP contribution in [0, 0.1) is 10.8 Å². The first-order chi connectivity index (χ1) is 23.0. The number of alkyl halides is 4. The van der Waals surface area contributed by atoms with Crippen LogP contribution >= 0.6 is 0 Å². The Hall–Kier alpha value is -3.80. The minimum absolute atomic E-state index is 0.0104. The number of benzene rings is 1. The monoisotopic (exact) mass is 664 g/mol. The van der Waals surface area contributed by atoms with Crippen LogP contribution in [0.1, 0.15) is 121 Å². The molecule has 6 fully saturated rings. The Morgan fingerprint density at radius 3 is 1.42 bits per heavy atom. The van der Waals surface area contributed by atoms with Crippen molar-refractivity contribution in [2.75, 3.05) is 0 Å². The summed E-state index contributed by atoms with van der Waals surface area (Å²) >= 11 is 0. The molecule has 1 aromatic carbocycles. The van der Waals surface area contributed by atoms with E-state index in [0.29, 0.717) is 81.2 Å². The summed E-state index contributed by atoms with van der Waals surface area (Å²) in [5.74, 6) is -0.637. The molecule has 0 saturated heterocycles. The number of halogens is 4. The maximum absolute atomic E-state index is 13.5. The fourth-order valence-electron chi connectivity index (χ4n) is 8.97. The van der Waals surface area contributed by atoms with Gasteiger partial charge in [-0.2, -0.15) is 0 Å². The number of rotatable bonds is 7. The second kappa shape index (κ2) is 12.3. The largest absolute Gasteiger partial charge is 0.325 e. The molecule has 0 spiro atoms. The second-order valence-corrected chi connectivity index (χ2v) is 14.6. The predicted molar refractivity (Wildman–Crippen MR) is 168 cm³/mol. The minimum atomic E-state index is -2.27. The van der Waals surface area contributed by atoms with Crippen LogP contribution in [0.4, 0.5) is 17.6 Å². The minimum Gasteiger partial charge on any atom is -0.325 e. The molecule has 3 aromatic rings. The first-order valence-corrected chi connectivity index (χ1v) is 16.9. The second-order valence-electron chi connectivity index (χ2n) is 14.6. The molecule has 254 valence electrons. The van der Waals surface area contributed by atoms with Crippen molar-refractivity contribution >= 4 is 11.8 Å². The number of nitrogens with zero attached hydrogens (tertiary/aromatic N) is 5. The smallest absolute Gasteiger partial charge is 0.261 e. The van der Waals surface area contributed by atoms with Crippen molar-refractivity contribution < 1.29 is 27.2 Å². The van der Waals surface area contributed by atoms with E-state index >= 15 is 0 Å². The Morgan fingerprint density at radius 1 is 0.625 bits per heavy atom. The quantitative estimate of drug-likeness (QED) is 0.215. The zero-order valence-corrected chi connectivity index (χ0v) is 26.8. The van der Waals surface area contributed by atoms with Crippen LogP contribution < -0.4 is 5.73 Å². The van der Waals surface area contributed by atoms with E-state index in [-0.39, 0.29) is 29.2 Å². The summed E-state index contributed by atoms with van der Waals surface area (Å²) in [6.07, 6.45) is 6.50. The van der Waals surface area contributed by atoms with Crippen molar-refractivity contribution in [3.8, 4) is 0 Å². The standard InChI is InChI=1S/C22H21F2N3O2.C14H19F2N3/c23-20(24)22-8-5-21(6-9-22,7-10-22)17-11-14(25-13-26-17)12-27-18(28)15-3-1-2-4-16(15)19(27)29;15-12(16)14-4-1-13(2-5-14,3-6-14)11-7-10(8-17)18-9-19-11/h1-4,11,13,20H,5-10,12H2;7,9,12H,1-6,8,17H2. The lowest BCUT2D eigenvalue weighted by Gasteiger charge is -2.52. The number of hydrogen-bond acceptors (Lipinski definition) is 7. The van der Waals surface area contributed by atoms with Gasteiger partial charge in [-0.1, -0.05) is 12.1 Å². The lowest BCUT2D eigenvalue weighted by Crippen LogP contribution is -2.47. The number of nitrogens with two attached hydrogens (primary N) is 1. The SMILES string of the molecule is NCc1cc(C23CCC(C(F)F)(CC2)CC3)ncn1.O=C1c2ccccc2C(=O)N1Cc1cc(C23CCC(C(F)F)(CC2)CC3)ncn1. The fourth-order valence-corrected chi connectivity index (χ4v) is 8.97. The molecule has 12 heteroatoms. The molecule has 1 aliphatic heterocycles. The van der Waals surface area contributed by atoms with E-state index in [1.54, 1.807) is 30.6 Å². The van der Waals surface area contributed by atoms with E-state index in [1.165, 1.54) is 11.2 Å². The fraction of sp³-hybridized carbons (Fsp3) is 0.556. The number of hydrogen-bond donors (Lipinski definition) is 1. The summed E-state index contributed by atoms with van der Waals surface area (Å²) in [7, 11) is 0. The number of carbonyl (C=O) groups is 2. The highest BCUT2D eigenvalue weighted by Gasteiger charge is 2.55. The average Bonchev–Trinajstić information content (AvgIpc) is 3.38. The van der Waals surface area contributed by atoms with Crippen molar-refractivity contribution in [3.05, 3.63) is 83.0 Å². The zero-order valence-electron chi connectivity index (χ0n) is 26.8. The molecule has 2 aromatic heterocycles. The normalized spacial score (nSPS) is 30.5. The highest BCUT2D eigenvalue weighted by molar-refractivity contribution is 6.21. The number of carbonyl (C=O) groups excluding carboxylic acids is 2. The van der Waals surface area contributed by atoms with Crippen LogP contribution in [0.5, 0.6) is 0 Å². The van der Waals surface area contributed by atoms with Gasteiger partial charge >= 0.3 is 0 Å². The van der Waals surface area contributed by atoms with Gasteiger partial charge in [0.2, 0.25) is 12.9 Å². The third kappa shape index (κ3) is 5.40. The van der Waals surface area contributed by atoms with Crippen molar-refractivity contribution in [3.63, 3.8) is 0 Å². The van der Waals surface area contributed by atoms with Gasteiger partial charge in [0.25, 0.3) is 11.8 Å². The first-order valence-electron chi connectivity index (χ1n) is 16.9. The van der Waals surface area contributed by atoms with Gasteiger partial charge < -0.3 is 5.73 Å². The van der Waals surface area contributed by atoms with E-state index in [4.69, 9.17) is 5.73 Å². The molecule has 10 rings (SSSR count). The summed E-state index contributed by atoms with van der Waals surface area (Å²) in [5, 5.41) is 0. The van der Waals surface area contributed by atoms with E-state index in [2.05, 4.69) is 19.9 Å². The molecular formula is C36H40F4N6O2. The third-order valence-corrected chi connectivity index (χ3v) is 12.5. The van der Waals surface area contributed by atoms with Crippen LogP contribution in [-0.4, -0.2) is 49.5 Å². The van der Waals surface area contributed by atoms with Crippen LogP contribution in [-0.2, 0) is 23.9 Å². The van der Waals surface area contributed by atoms with Crippen LogP contribution in [0.15, 0.2) is 49.1 Å². The molecule has 0 unspecified atom stereocenters. The molecule has 0 radical (unpaired) electrons. The Bertz CT molecular complexity index is 1630. The molecule has 2 N–H and O–H groups in total. The van der Waals surface area contributed by atoms with E-state index in [0.717, 1.165) is 36.3 Å². The molecule has 48 heavy (non-hydrogen) atoms. The van der Waals surface area contributed by atoms with Gasteiger partial charge in [-0.25, -0.2) is 37.5 Å². The molecule has 7 aliphatic rings. The number of imide groups is 1. The Labute approximate surface area is 277 Å². The van der Waals surface area contributed by atoms with Crippen LogP contribution in [0.3, 0.4) is 0 Å². The highest BCUT2D eigenvalue weighted by atomic mass is 19.3. The lowest BCUT2D eigenvalue weighted by atomic mass is 9.53. The molecule has 4 bridgehead atoms. The van der Waals surface area contributed by atoms with Gasteiger partial charge in [-0.15, -0.1) is 0 Å². The van der Waals surface area contributed by atoms with Crippen LogP contribution in [0.2, 0.25) is 0 Å². The summed E-state index contributed by atoms with van der Waals surface area (Å²) in [5.41, 5.74) is 7.96. The summed E-state index contributed by atoms with van der Waals surface area (Å²) in [6, 6.07) is 10.6. The molecule has 6 aliphatic carbocycles. The Balaban J connectivity index is 0.000000166. The molecule has 3 heterocycles. The van der Waals surface area contributed by atoms with E-state index in [9.17, 15) is 27.2 Å². The third-order valence-electron chi connectivity index (χ3n) is 12.5. The average molecular weight is 665 g/mol. The molecule has 0 atom stereocenters. The van der Waals surface area contributed by atoms with Gasteiger partial charge in [0.1, 0.15) is 12.7 Å². The molecular weight excluding hydrogens is 624 g/mol. The zero-order chi connectivity index (χ0) is 33.7. The van der Waals surface area contributed by atoms with Crippen molar-refractivity contribution in [1.29, 1.82) is 0 Å². The Kier molecular flexibility index (Phi) is 8.36. The van der Waals surface area contributed by atoms with Crippen molar-refractivity contribution in [2.24, 2.45) is 16.6 Å². The summed E-state index contributed by atoms with van der Waals surface area (Å²) in [6.45, 7) is 0.478. The number of fused-ring (bicyclic) bond motifs is 7. The summed E-state index contributed by atoms with van der Waals surface area (Å²) < 4.78 is 53.4. The van der Waals surface area contributed by atoms with Gasteiger partial charge in [-0.3, -0.25) is 14.5 Å². The Morgan fingerprint density at radius 2 is 1.02 bits per heavy atom. The van der Waals surface area contributed by atoms with Gasteiger partial charge in [0, 0.05) is 28.2 Å². The van der Waals surface area contributed by atoms with Gasteiger partial charge in [0.05, 0.1) is 40.4 Å². The lowest BCUT2D eigenvalue weighted by molar-refractivity contribution is -0.0853. The summed E-state index contributed by atoms with van der Waals surface area (Å²) in [4.78, 5) is 43.7. The highest BCUT2D eigenvalue weighted by Crippen LogP contribution is 2.60. The molecule has 2 amide bonds. The van der Waals surface area contributed by atoms with Crippen molar-refractivity contribution in [1.82, 2.24) is 24.8 Å². The molecule has 8 nitrogen and oxygen atoms in total. The van der Waals surface area contributed by atoms with Crippen molar-refractivity contribution in [2.45, 2.75) is 114 Å². The van der Waals surface area contributed by atoms with E-state index < -0.39 is 23.7 Å². The van der Waals surface area contributed by atoms with Gasteiger partial charge in [-0.05, 0) is 101 Å². The van der Waals surface area contributed by atoms with Crippen LogP contribution in [0.25, 0.3) is 0 Å². The molecule has 6 saturated carbocycles. The maximum atomic E-state index is 13.5. The number of amides is 2. The van der Waals surface area contributed by atoms with E-state index in [1.807, 2.05) is 12.1 Å².